The summed E-state index contributed by atoms with van der Waals surface area (Å²) in [6.07, 6.45) is 4.88. The lowest BCUT2D eigenvalue weighted by atomic mass is 9.84. The zero-order valence-electron chi connectivity index (χ0n) is 38.0. The van der Waals surface area contributed by atoms with E-state index in [2.05, 4.69) is 36.6 Å². The Kier molecular flexibility index (Phi) is 19.6. The van der Waals surface area contributed by atoms with Crippen molar-refractivity contribution in [2.24, 2.45) is 22.4 Å². The van der Waals surface area contributed by atoms with E-state index in [4.69, 9.17) is 21.4 Å². The second-order valence-corrected chi connectivity index (χ2v) is 17.5. The minimum atomic E-state index is -5.08. The zero-order valence-corrected chi connectivity index (χ0v) is 38.0. The van der Waals surface area contributed by atoms with Crippen molar-refractivity contribution in [2.75, 3.05) is 19.6 Å². The van der Waals surface area contributed by atoms with Crippen LogP contribution in [0.5, 0.6) is 0 Å². The topological polar surface area (TPSA) is 283 Å². The molecule has 18 nitrogen and oxygen atoms in total. The van der Waals surface area contributed by atoms with Gasteiger partial charge in [-0.1, -0.05) is 80.6 Å². The number of benzene rings is 2. The van der Waals surface area contributed by atoms with E-state index in [1.54, 1.807) is 6.20 Å². The first kappa shape index (κ1) is 52.3. The number of aryl methyl sites for hydroxylation is 1. The molecule has 3 fully saturated rings. The number of nitrogens with one attached hydrogen (secondary N) is 6. The molecule has 3 heterocycles. The normalized spacial score (nSPS) is 22.5. The summed E-state index contributed by atoms with van der Waals surface area (Å²) in [7, 11) is 0. The van der Waals surface area contributed by atoms with Crippen molar-refractivity contribution in [1.29, 1.82) is 0 Å². The first-order chi connectivity index (χ1) is 32.5. The van der Waals surface area contributed by atoms with Crippen LogP contribution in [-0.2, 0) is 46.4 Å². The summed E-state index contributed by atoms with van der Waals surface area (Å²) in [6.45, 7) is 0.689. The van der Waals surface area contributed by atoms with Gasteiger partial charge >= 0.3 is 12.1 Å². The van der Waals surface area contributed by atoms with Crippen molar-refractivity contribution in [1.82, 2.24) is 36.5 Å². The summed E-state index contributed by atoms with van der Waals surface area (Å²) in [5.41, 5.74) is 13.7. The number of alkyl halides is 3. The first-order valence-electron chi connectivity index (χ1n) is 23.2. The van der Waals surface area contributed by atoms with Crippen LogP contribution in [0.15, 0.2) is 65.8 Å². The fourth-order valence-corrected chi connectivity index (χ4v) is 8.87. The van der Waals surface area contributed by atoms with Gasteiger partial charge in [-0.15, -0.1) is 0 Å². The number of carbonyl (C=O) groups is 7. The van der Waals surface area contributed by atoms with Crippen molar-refractivity contribution in [3.05, 3.63) is 71.9 Å². The lowest BCUT2D eigenvalue weighted by molar-refractivity contribution is -0.192. The quantitative estimate of drug-likeness (QED) is 0.0727. The highest BCUT2D eigenvalue weighted by molar-refractivity contribution is 5.97. The summed E-state index contributed by atoms with van der Waals surface area (Å²) in [5.74, 6) is -5.32. The van der Waals surface area contributed by atoms with Gasteiger partial charge in [0.15, 0.2) is 5.96 Å². The molecule has 6 rings (SSSR count). The number of amides is 6. The number of guanidine groups is 1. The molecule has 0 bridgehead atoms. The molecule has 3 aromatic rings. The van der Waals surface area contributed by atoms with Gasteiger partial charge < -0.3 is 53.0 Å². The SMILES string of the molecule is NC(N)=NCCC[C@@H]1NC(=O)C(Cc2c[nH]c3ccccc23)NC(=O)[C@@H](CC2CCCCC2)NC(=O)[C@@H]2CCCN2C(=O)C(NC(=O)CCc2ccccc2)CCCNC1=O.O=C(O)C(F)(F)F. The number of fused-ring (bicyclic) bond motifs is 2. The third-order valence-electron chi connectivity index (χ3n) is 12.4. The predicted molar refractivity (Wildman–Crippen MR) is 246 cm³/mol. The molecule has 1 aliphatic carbocycles. The molecular weight excluding hydrogens is 890 g/mol. The minimum Gasteiger partial charge on any atom is -0.475 e. The molecule has 6 amide bonds. The fraction of sp³-hybridized carbons (Fsp3) is 0.532. The Morgan fingerprint density at radius 2 is 1.46 bits per heavy atom. The molecular formula is C47H63F3N10O8. The molecule has 68 heavy (non-hydrogen) atoms. The highest BCUT2D eigenvalue weighted by Gasteiger charge is 2.40. The lowest BCUT2D eigenvalue weighted by Crippen LogP contribution is -2.59. The van der Waals surface area contributed by atoms with E-state index in [1.807, 2.05) is 54.6 Å². The van der Waals surface area contributed by atoms with Crippen molar-refractivity contribution < 1.29 is 51.8 Å². The predicted octanol–water partition coefficient (Wildman–Crippen LogP) is 2.84. The van der Waals surface area contributed by atoms with Crippen LogP contribution in [0.1, 0.15) is 94.6 Å². The molecule has 1 aromatic heterocycles. The standard InChI is InChI=1S/C45H62N10O6.C2HF3O2/c46-45(47)49-24-9-18-34-40(57)48-23-10-19-35(51-39(56)22-21-29-12-3-1-4-13-29)44(61)55-25-11-20-38(55)43(60)54-36(26-30-14-5-2-6-15-30)41(58)53-37(42(59)52-34)27-31-28-50-33-17-8-7-16-32(31)33;3-2(4,5)1(6)7/h1,3-4,7-8,12-13,16-17,28,30,34-38,50H,2,5-6,9-11,14-15,18-27H2,(H,48,57)(H,51,56)(H,52,59)(H,53,58)(H,54,60)(H4,46,47,49);(H,6,7)/t34-,35?,36+,37?,38-;/m0./s1. The Morgan fingerprint density at radius 1 is 0.794 bits per heavy atom. The number of aromatic nitrogens is 1. The first-order valence-corrected chi connectivity index (χ1v) is 23.2. The van der Waals surface area contributed by atoms with E-state index < -0.39 is 66.0 Å². The summed E-state index contributed by atoms with van der Waals surface area (Å²) in [5, 5.41) is 22.8. The van der Waals surface area contributed by atoms with Gasteiger partial charge in [-0.25, -0.2) is 4.79 Å². The molecule has 0 spiro atoms. The number of nitrogens with zero attached hydrogens (tertiary/aromatic N) is 2. The van der Waals surface area contributed by atoms with Crippen LogP contribution in [0.4, 0.5) is 13.2 Å². The number of rotatable bonds is 12. The highest BCUT2D eigenvalue weighted by atomic mass is 19.4. The third kappa shape index (κ3) is 16.0. The summed E-state index contributed by atoms with van der Waals surface area (Å²) >= 11 is 0. The van der Waals surface area contributed by atoms with Gasteiger partial charge in [0.2, 0.25) is 35.4 Å². The molecule has 2 saturated heterocycles. The molecule has 21 heteroatoms. The van der Waals surface area contributed by atoms with Crippen LogP contribution in [-0.4, -0.2) is 118 Å². The molecule has 3 aliphatic rings. The van der Waals surface area contributed by atoms with Gasteiger partial charge in [0.05, 0.1) is 0 Å². The second-order valence-electron chi connectivity index (χ2n) is 17.5. The van der Waals surface area contributed by atoms with Crippen molar-refractivity contribution >= 4 is 58.3 Å². The maximum absolute atomic E-state index is 14.5. The van der Waals surface area contributed by atoms with Gasteiger partial charge in [-0.3, -0.25) is 33.8 Å². The van der Waals surface area contributed by atoms with E-state index in [0.29, 0.717) is 45.1 Å². The van der Waals surface area contributed by atoms with Crippen molar-refractivity contribution in [3.8, 4) is 0 Å². The molecule has 1 saturated carbocycles. The Morgan fingerprint density at radius 3 is 2.16 bits per heavy atom. The molecule has 11 N–H and O–H groups in total. The van der Waals surface area contributed by atoms with Crippen LogP contribution in [0.25, 0.3) is 10.9 Å². The number of nitrogens with two attached hydrogens (primary N) is 2. The number of H-pyrrole nitrogens is 1. The molecule has 370 valence electrons. The smallest absolute Gasteiger partial charge is 0.475 e. The van der Waals surface area contributed by atoms with Gasteiger partial charge in [-0.2, -0.15) is 13.2 Å². The van der Waals surface area contributed by atoms with E-state index >= 15 is 0 Å². The Bertz CT molecular complexity index is 2230. The fourth-order valence-electron chi connectivity index (χ4n) is 8.87. The van der Waals surface area contributed by atoms with Gasteiger partial charge in [-0.05, 0) is 74.5 Å². The summed E-state index contributed by atoms with van der Waals surface area (Å²) in [4.78, 5) is 102. The monoisotopic (exact) mass is 952 g/mol. The van der Waals surface area contributed by atoms with Gasteiger partial charge in [0, 0.05) is 49.6 Å². The van der Waals surface area contributed by atoms with Crippen molar-refractivity contribution in [2.45, 2.75) is 133 Å². The van der Waals surface area contributed by atoms with Gasteiger partial charge in [0.25, 0.3) is 0 Å². The van der Waals surface area contributed by atoms with E-state index in [-0.39, 0.29) is 62.5 Å². The molecule has 2 aromatic carbocycles. The summed E-state index contributed by atoms with van der Waals surface area (Å²) in [6, 6.07) is 12.3. The molecule has 0 radical (unpaired) electrons. The lowest BCUT2D eigenvalue weighted by Gasteiger charge is -2.32. The molecule has 2 unspecified atom stereocenters. The Hall–Kier alpha value is -6.67. The number of carbonyl (C=O) groups excluding carboxylic acids is 6. The van der Waals surface area contributed by atoms with Crippen LogP contribution in [0.3, 0.4) is 0 Å². The van der Waals surface area contributed by atoms with E-state index in [9.17, 15) is 41.9 Å². The average Bonchev–Trinajstić information content (AvgIpc) is 3.98. The minimum absolute atomic E-state index is 0.0916. The number of hydrogen-bond donors (Lipinski definition) is 9. The number of carboxylic acid groups (broad SMARTS) is 1. The highest BCUT2D eigenvalue weighted by Crippen LogP contribution is 2.28. The largest absolute Gasteiger partial charge is 0.490 e. The number of halogens is 3. The average molecular weight is 953 g/mol. The second kappa shape index (κ2) is 25.5. The van der Waals surface area contributed by atoms with Crippen molar-refractivity contribution in [3.63, 3.8) is 0 Å². The van der Waals surface area contributed by atoms with E-state index in [1.165, 1.54) is 4.90 Å². The third-order valence-corrected chi connectivity index (χ3v) is 12.4. The molecule has 5 atom stereocenters. The summed E-state index contributed by atoms with van der Waals surface area (Å²) < 4.78 is 31.7. The van der Waals surface area contributed by atoms with Crippen LogP contribution < -0.4 is 38.1 Å². The number of aliphatic imine (C=N–C) groups is 1. The number of aliphatic carboxylic acids is 1. The Balaban J connectivity index is 0.00000114. The van der Waals surface area contributed by atoms with Crippen LogP contribution in [0.2, 0.25) is 0 Å². The number of carboxylic acids is 1. The Labute approximate surface area is 392 Å². The van der Waals surface area contributed by atoms with Crippen LogP contribution in [0, 0.1) is 5.92 Å². The number of aromatic amines is 1. The molecule has 2 aliphatic heterocycles. The van der Waals surface area contributed by atoms with Gasteiger partial charge in [0.1, 0.15) is 30.2 Å². The number of para-hydroxylation sites is 1. The zero-order chi connectivity index (χ0) is 49.2. The maximum atomic E-state index is 14.5. The van der Waals surface area contributed by atoms with Crippen LogP contribution >= 0.6 is 0 Å². The number of hydrogen-bond acceptors (Lipinski definition) is 8. The maximum Gasteiger partial charge on any atom is 0.490 e. The van der Waals surface area contributed by atoms with E-state index in [0.717, 1.165) is 54.1 Å².